The van der Waals surface area contributed by atoms with Crippen molar-refractivity contribution in [2.75, 3.05) is 0 Å². The monoisotopic (exact) mass is 204 g/mol. The molecule has 0 saturated carbocycles. The molecule has 1 aromatic rings. The van der Waals surface area contributed by atoms with E-state index in [9.17, 15) is 4.79 Å². The smallest absolute Gasteiger partial charge is 0.404 e. The van der Waals surface area contributed by atoms with Gasteiger partial charge in [0, 0.05) is 6.04 Å². The second-order valence-corrected chi connectivity index (χ2v) is 3.37. The molecule has 0 aliphatic heterocycles. The summed E-state index contributed by atoms with van der Waals surface area (Å²) < 4.78 is 0. The molecule has 0 bridgehead atoms. The Bertz CT molecular complexity index is 396. The zero-order chi connectivity index (χ0) is 11.3. The molecule has 1 rings (SSSR count). The largest absolute Gasteiger partial charge is 0.465 e. The Kier molecular flexibility index (Phi) is 3.69. The Morgan fingerprint density at radius 1 is 1.67 bits per heavy atom. The van der Waals surface area contributed by atoms with E-state index >= 15 is 0 Å². The molecule has 1 atom stereocenters. The van der Waals surface area contributed by atoms with Crippen LogP contribution < -0.4 is 5.32 Å². The van der Waals surface area contributed by atoms with Crippen LogP contribution in [0.1, 0.15) is 18.1 Å². The topological polar surface area (TPSA) is 73.1 Å². The molecule has 0 radical (unpaired) electrons. The lowest BCUT2D eigenvalue weighted by atomic mass is 10.1. The quantitative estimate of drug-likeness (QED) is 0.787. The summed E-state index contributed by atoms with van der Waals surface area (Å²) in [5.41, 5.74) is 1.55. The van der Waals surface area contributed by atoms with Gasteiger partial charge >= 0.3 is 6.09 Å². The Hall–Kier alpha value is -2.02. The fourth-order valence-corrected chi connectivity index (χ4v) is 1.38. The van der Waals surface area contributed by atoms with Crippen LogP contribution in [0.2, 0.25) is 0 Å². The molecule has 0 spiro atoms. The lowest BCUT2D eigenvalue weighted by Crippen LogP contribution is -2.32. The van der Waals surface area contributed by atoms with Crippen molar-refractivity contribution in [2.45, 2.75) is 19.4 Å². The van der Waals surface area contributed by atoms with E-state index in [4.69, 9.17) is 10.4 Å². The standard InChI is InChI=1S/C11H12N2O2/c1-8(13-11(14)15)5-9-3-2-4-10(6-9)7-12/h2-4,6,8,13H,5H2,1H3,(H,14,15). The number of carboxylic acid groups (broad SMARTS) is 1. The normalized spacial score (nSPS) is 11.5. The predicted octanol–water partition coefficient (Wildman–Crippen LogP) is 1.76. The molecule has 2 N–H and O–H groups in total. The van der Waals surface area contributed by atoms with E-state index in [2.05, 4.69) is 5.32 Å². The van der Waals surface area contributed by atoms with E-state index in [0.29, 0.717) is 12.0 Å². The van der Waals surface area contributed by atoms with Crippen LogP contribution >= 0.6 is 0 Å². The van der Waals surface area contributed by atoms with E-state index in [1.807, 2.05) is 12.1 Å². The van der Waals surface area contributed by atoms with Gasteiger partial charge in [-0.2, -0.15) is 5.26 Å². The minimum Gasteiger partial charge on any atom is -0.465 e. The van der Waals surface area contributed by atoms with Crippen LogP contribution in [-0.2, 0) is 6.42 Å². The van der Waals surface area contributed by atoms with Gasteiger partial charge in [0.25, 0.3) is 0 Å². The SMILES string of the molecule is CC(Cc1cccc(C#N)c1)NC(=O)O. The second kappa shape index (κ2) is 5.01. The van der Waals surface area contributed by atoms with Gasteiger partial charge in [-0.05, 0) is 31.0 Å². The van der Waals surface area contributed by atoms with Crippen LogP contribution in [0.25, 0.3) is 0 Å². The van der Waals surface area contributed by atoms with Gasteiger partial charge in [0.2, 0.25) is 0 Å². The Labute approximate surface area is 88.2 Å². The fourth-order valence-electron chi connectivity index (χ4n) is 1.38. The number of amides is 1. The second-order valence-electron chi connectivity index (χ2n) is 3.37. The van der Waals surface area contributed by atoms with Gasteiger partial charge in [-0.15, -0.1) is 0 Å². The summed E-state index contributed by atoms with van der Waals surface area (Å²) in [6, 6.07) is 9.04. The van der Waals surface area contributed by atoms with Crippen molar-refractivity contribution in [3.05, 3.63) is 35.4 Å². The van der Waals surface area contributed by atoms with Gasteiger partial charge in [0.05, 0.1) is 11.6 Å². The molecule has 0 aliphatic carbocycles. The summed E-state index contributed by atoms with van der Waals surface area (Å²) in [5.74, 6) is 0. The van der Waals surface area contributed by atoms with Crippen molar-refractivity contribution in [1.82, 2.24) is 5.32 Å². The third-order valence-electron chi connectivity index (χ3n) is 1.97. The Morgan fingerprint density at radius 3 is 3.00 bits per heavy atom. The van der Waals surface area contributed by atoms with E-state index in [1.54, 1.807) is 25.1 Å². The Morgan fingerprint density at radius 2 is 2.40 bits per heavy atom. The molecule has 4 heteroatoms. The average molecular weight is 204 g/mol. The molecule has 0 aliphatic rings. The summed E-state index contributed by atoms with van der Waals surface area (Å²) in [4.78, 5) is 10.4. The number of nitriles is 1. The average Bonchev–Trinajstić information content (AvgIpc) is 2.16. The first-order valence-electron chi connectivity index (χ1n) is 4.60. The van der Waals surface area contributed by atoms with Crippen molar-refractivity contribution < 1.29 is 9.90 Å². The van der Waals surface area contributed by atoms with E-state index in [0.717, 1.165) is 5.56 Å². The maximum absolute atomic E-state index is 10.4. The third-order valence-corrected chi connectivity index (χ3v) is 1.97. The maximum Gasteiger partial charge on any atom is 0.404 e. The molecule has 0 saturated heterocycles. The highest BCUT2D eigenvalue weighted by molar-refractivity contribution is 5.64. The van der Waals surface area contributed by atoms with Crippen molar-refractivity contribution in [3.8, 4) is 6.07 Å². The highest BCUT2D eigenvalue weighted by Gasteiger charge is 2.06. The van der Waals surface area contributed by atoms with Crippen molar-refractivity contribution in [2.24, 2.45) is 0 Å². The number of hydrogen-bond donors (Lipinski definition) is 2. The third kappa shape index (κ3) is 3.69. The summed E-state index contributed by atoms with van der Waals surface area (Å²) in [7, 11) is 0. The van der Waals surface area contributed by atoms with Crippen LogP contribution in [0, 0.1) is 11.3 Å². The van der Waals surface area contributed by atoms with Gasteiger partial charge in [-0.1, -0.05) is 12.1 Å². The molecular formula is C11H12N2O2. The van der Waals surface area contributed by atoms with Gasteiger partial charge in [0.1, 0.15) is 0 Å². The van der Waals surface area contributed by atoms with Crippen LogP contribution in [0.4, 0.5) is 4.79 Å². The highest BCUT2D eigenvalue weighted by atomic mass is 16.4. The number of hydrogen-bond acceptors (Lipinski definition) is 2. The van der Waals surface area contributed by atoms with Crippen molar-refractivity contribution in [3.63, 3.8) is 0 Å². The summed E-state index contributed by atoms with van der Waals surface area (Å²) in [5, 5.41) is 19.5. The minimum absolute atomic E-state index is 0.156. The van der Waals surface area contributed by atoms with Gasteiger partial charge in [-0.25, -0.2) is 4.79 Å². The lowest BCUT2D eigenvalue weighted by Gasteiger charge is -2.10. The van der Waals surface area contributed by atoms with E-state index < -0.39 is 6.09 Å². The Balaban J connectivity index is 2.64. The number of nitrogens with zero attached hydrogens (tertiary/aromatic N) is 1. The zero-order valence-corrected chi connectivity index (χ0v) is 8.40. The van der Waals surface area contributed by atoms with Gasteiger partial charge < -0.3 is 10.4 Å². The molecule has 78 valence electrons. The minimum atomic E-state index is -1.03. The number of rotatable bonds is 3. The summed E-state index contributed by atoms with van der Waals surface area (Å²) >= 11 is 0. The van der Waals surface area contributed by atoms with Crippen LogP contribution in [-0.4, -0.2) is 17.2 Å². The van der Waals surface area contributed by atoms with Crippen LogP contribution in [0.15, 0.2) is 24.3 Å². The fraction of sp³-hybridized carbons (Fsp3) is 0.273. The number of carbonyl (C=O) groups is 1. The first kappa shape index (κ1) is 11.1. The lowest BCUT2D eigenvalue weighted by molar-refractivity contribution is 0.190. The molecule has 0 aromatic heterocycles. The van der Waals surface area contributed by atoms with Crippen molar-refractivity contribution >= 4 is 6.09 Å². The summed E-state index contributed by atoms with van der Waals surface area (Å²) in [6.07, 6.45) is -0.444. The summed E-state index contributed by atoms with van der Waals surface area (Å²) in [6.45, 7) is 1.78. The molecule has 1 amide bonds. The first-order chi connectivity index (χ1) is 7.11. The predicted molar refractivity (Wildman–Crippen MR) is 55.5 cm³/mol. The molecule has 0 fully saturated rings. The highest BCUT2D eigenvalue weighted by Crippen LogP contribution is 2.06. The van der Waals surface area contributed by atoms with Crippen molar-refractivity contribution in [1.29, 1.82) is 5.26 Å². The molecule has 15 heavy (non-hydrogen) atoms. The molecule has 1 unspecified atom stereocenters. The zero-order valence-electron chi connectivity index (χ0n) is 8.40. The van der Waals surface area contributed by atoms with E-state index in [-0.39, 0.29) is 6.04 Å². The van der Waals surface area contributed by atoms with Gasteiger partial charge in [0.15, 0.2) is 0 Å². The van der Waals surface area contributed by atoms with E-state index in [1.165, 1.54) is 0 Å². The number of nitrogens with one attached hydrogen (secondary N) is 1. The maximum atomic E-state index is 10.4. The van der Waals surface area contributed by atoms with Gasteiger partial charge in [-0.3, -0.25) is 0 Å². The van der Waals surface area contributed by atoms with Crippen LogP contribution in [0.3, 0.4) is 0 Å². The molecule has 4 nitrogen and oxygen atoms in total. The number of benzene rings is 1. The molecular weight excluding hydrogens is 192 g/mol. The van der Waals surface area contributed by atoms with Crippen LogP contribution in [0.5, 0.6) is 0 Å². The molecule has 1 aromatic carbocycles. The molecule has 0 heterocycles. The first-order valence-corrected chi connectivity index (χ1v) is 4.60.